The zero-order chi connectivity index (χ0) is 18.8. The molecular weight excluding hydrogens is 328 g/mol. The van der Waals surface area contributed by atoms with E-state index in [1.54, 1.807) is 0 Å². The number of esters is 1. The van der Waals surface area contributed by atoms with E-state index in [0.717, 1.165) is 22.4 Å². The van der Waals surface area contributed by atoms with Crippen LogP contribution in [0.3, 0.4) is 0 Å². The van der Waals surface area contributed by atoms with E-state index in [-0.39, 0.29) is 18.5 Å². The lowest BCUT2D eigenvalue weighted by Crippen LogP contribution is -2.09. The number of benzene rings is 2. The van der Waals surface area contributed by atoms with Gasteiger partial charge in [-0.15, -0.1) is 0 Å². The predicted octanol–water partition coefficient (Wildman–Crippen LogP) is 4.37. The summed E-state index contributed by atoms with van der Waals surface area (Å²) in [6, 6.07) is 15.5. The molecule has 0 heterocycles. The van der Waals surface area contributed by atoms with Crippen LogP contribution in [0.15, 0.2) is 60.7 Å². The van der Waals surface area contributed by atoms with Gasteiger partial charge in [0.15, 0.2) is 0 Å². The first kappa shape index (κ1) is 19.7. The predicted molar refractivity (Wildman–Crippen MR) is 102 cm³/mol. The van der Waals surface area contributed by atoms with Gasteiger partial charge in [-0.05, 0) is 42.7 Å². The van der Waals surface area contributed by atoms with Gasteiger partial charge in [-0.3, -0.25) is 4.79 Å². The fourth-order valence-corrected chi connectivity index (χ4v) is 2.65. The Morgan fingerprint density at radius 3 is 2.31 bits per heavy atom. The highest BCUT2D eigenvalue weighted by atomic mass is 16.5. The number of aliphatic hydroxyl groups excluding tert-OH is 1. The summed E-state index contributed by atoms with van der Waals surface area (Å²) in [5, 5.41) is 9.06. The smallest absolute Gasteiger partial charge is 0.306 e. The van der Waals surface area contributed by atoms with Crippen molar-refractivity contribution in [2.24, 2.45) is 0 Å². The quantitative estimate of drug-likeness (QED) is 0.537. The summed E-state index contributed by atoms with van der Waals surface area (Å²) < 4.78 is 10.9. The molecule has 0 radical (unpaired) electrons. The van der Waals surface area contributed by atoms with Gasteiger partial charge in [0.05, 0.1) is 19.6 Å². The molecule has 0 aromatic heterocycles. The van der Waals surface area contributed by atoms with E-state index in [1.807, 2.05) is 74.5 Å². The zero-order valence-electron chi connectivity index (χ0n) is 15.4. The van der Waals surface area contributed by atoms with Gasteiger partial charge in [-0.2, -0.15) is 0 Å². The van der Waals surface area contributed by atoms with Crippen molar-refractivity contribution in [2.45, 2.75) is 39.4 Å². The van der Waals surface area contributed by atoms with E-state index in [4.69, 9.17) is 14.6 Å². The Hall–Kier alpha value is -2.59. The second-order valence-corrected chi connectivity index (χ2v) is 5.97. The second kappa shape index (κ2) is 10.4. The average molecular weight is 354 g/mol. The fraction of sp³-hybridized carbons (Fsp3) is 0.318. The molecule has 138 valence electrons. The molecule has 0 fully saturated rings. The molecule has 0 aliphatic carbocycles. The minimum absolute atomic E-state index is 0.000809. The molecule has 2 aromatic rings. The van der Waals surface area contributed by atoms with Crippen LogP contribution in [-0.2, 0) is 22.7 Å². The molecule has 0 saturated carbocycles. The molecular formula is C22H26O4. The second-order valence-electron chi connectivity index (χ2n) is 5.97. The Kier molecular flexibility index (Phi) is 7.90. The SMILES string of the molecule is CC=CC(CC(=O)OCC)c1ccc(OCc2ccc(CO)cc2)cc1. The number of hydrogen-bond donors (Lipinski definition) is 1. The molecule has 4 nitrogen and oxygen atoms in total. The molecule has 2 rings (SSSR count). The van der Waals surface area contributed by atoms with Gasteiger partial charge < -0.3 is 14.6 Å². The molecule has 0 amide bonds. The van der Waals surface area contributed by atoms with E-state index in [1.165, 1.54) is 0 Å². The molecule has 2 aromatic carbocycles. The Balaban J connectivity index is 1.97. The average Bonchev–Trinajstić information content (AvgIpc) is 2.67. The zero-order valence-corrected chi connectivity index (χ0v) is 15.4. The topological polar surface area (TPSA) is 55.8 Å². The summed E-state index contributed by atoms with van der Waals surface area (Å²) in [4.78, 5) is 11.8. The molecule has 1 N–H and O–H groups in total. The monoisotopic (exact) mass is 354 g/mol. The van der Waals surface area contributed by atoms with Crippen LogP contribution in [0.4, 0.5) is 0 Å². The Labute approximate surface area is 155 Å². The maximum Gasteiger partial charge on any atom is 0.306 e. The molecule has 0 bridgehead atoms. The summed E-state index contributed by atoms with van der Waals surface area (Å²) in [6.07, 6.45) is 4.29. The van der Waals surface area contributed by atoms with Crippen LogP contribution >= 0.6 is 0 Å². The van der Waals surface area contributed by atoms with E-state index in [9.17, 15) is 4.79 Å². The Morgan fingerprint density at radius 1 is 1.08 bits per heavy atom. The summed E-state index contributed by atoms with van der Waals surface area (Å²) in [7, 11) is 0. The lowest BCUT2D eigenvalue weighted by atomic mass is 9.95. The Morgan fingerprint density at radius 2 is 1.73 bits per heavy atom. The van der Waals surface area contributed by atoms with Gasteiger partial charge in [0.1, 0.15) is 12.4 Å². The lowest BCUT2D eigenvalue weighted by molar-refractivity contribution is -0.143. The fourth-order valence-electron chi connectivity index (χ4n) is 2.65. The third-order valence-corrected chi connectivity index (χ3v) is 4.04. The number of carbonyl (C=O) groups is 1. The largest absolute Gasteiger partial charge is 0.489 e. The lowest BCUT2D eigenvalue weighted by Gasteiger charge is -2.14. The molecule has 26 heavy (non-hydrogen) atoms. The summed E-state index contributed by atoms with van der Waals surface area (Å²) in [5.74, 6) is 0.580. The van der Waals surface area contributed by atoms with E-state index in [0.29, 0.717) is 19.6 Å². The van der Waals surface area contributed by atoms with E-state index in [2.05, 4.69) is 0 Å². The molecule has 0 spiro atoms. The standard InChI is InChI=1S/C22H26O4/c1-3-5-20(14-22(24)25-4-2)19-10-12-21(13-11-19)26-16-18-8-6-17(15-23)7-9-18/h3,5-13,20,23H,4,14-16H2,1-2H3. The molecule has 4 heteroatoms. The van der Waals surface area contributed by atoms with Gasteiger partial charge in [-0.1, -0.05) is 48.6 Å². The number of rotatable bonds is 9. The van der Waals surface area contributed by atoms with Crippen molar-refractivity contribution in [3.05, 3.63) is 77.4 Å². The minimum Gasteiger partial charge on any atom is -0.489 e. The van der Waals surface area contributed by atoms with Crippen molar-refractivity contribution in [3.8, 4) is 5.75 Å². The Bertz CT molecular complexity index is 702. The van der Waals surface area contributed by atoms with Crippen LogP contribution in [0.25, 0.3) is 0 Å². The first-order valence-electron chi connectivity index (χ1n) is 8.86. The van der Waals surface area contributed by atoms with Gasteiger partial charge in [0, 0.05) is 5.92 Å². The first-order valence-corrected chi connectivity index (χ1v) is 8.86. The third-order valence-electron chi connectivity index (χ3n) is 4.04. The van der Waals surface area contributed by atoms with Crippen molar-refractivity contribution in [1.82, 2.24) is 0 Å². The number of aliphatic hydroxyl groups is 1. The maximum absolute atomic E-state index is 11.8. The van der Waals surface area contributed by atoms with Crippen molar-refractivity contribution >= 4 is 5.97 Å². The normalized spacial score (nSPS) is 12.1. The molecule has 0 saturated heterocycles. The number of hydrogen-bond acceptors (Lipinski definition) is 4. The van der Waals surface area contributed by atoms with Crippen molar-refractivity contribution in [1.29, 1.82) is 0 Å². The van der Waals surface area contributed by atoms with Gasteiger partial charge in [-0.25, -0.2) is 0 Å². The van der Waals surface area contributed by atoms with Crippen LogP contribution in [-0.4, -0.2) is 17.7 Å². The minimum atomic E-state index is -0.192. The summed E-state index contributed by atoms with van der Waals surface area (Å²) >= 11 is 0. The van der Waals surface area contributed by atoms with Gasteiger partial charge in [0.25, 0.3) is 0 Å². The van der Waals surface area contributed by atoms with E-state index < -0.39 is 0 Å². The third kappa shape index (κ3) is 6.05. The van der Waals surface area contributed by atoms with Gasteiger partial charge >= 0.3 is 5.97 Å². The molecule has 1 unspecified atom stereocenters. The molecule has 0 aliphatic rings. The highest BCUT2D eigenvalue weighted by molar-refractivity contribution is 5.71. The highest BCUT2D eigenvalue weighted by Crippen LogP contribution is 2.25. The van der Waals surface area contributed by atoms with Crippen LogP contribution < -0.4 is 4.74 Å². The van der Waals surface area contributed by atoms with Crippen LogP contribution in [0, 0.1) is 0 Å². The van der Waals surface area contributed by atoms with Crippen LogP contribution in [0.2, 0.25) is 0 Å². The number of allylic oxidation sites excluding steroid dienone is 2. The van der Waals surface area contributed by atoms with Gasteiger partial charge in [0.2, 0.25) is 0 Å². The van der Waals surface area contributed by atoms with Crippen LogP contribution in [0.5, 0.6) is 5.75 Å². The molecule has 1 atom stereocenters. The maximum atomic E-state index is 11.8. The summed E-state index contributed by atoms with van der Waals surface area (Å²) in [5.41, 5.74) is 2.98. The van der Waals surface area contributed by atoms with Crippen LogP contribution in [0.1, 0.15) is 42.9 Å². The molecule has 0 aliphatic heterocycles. The number of ether oxygens (including phenoxy) is 2. The summed E-state index contributed by atoms with van der Waals surface area (Å²) in [6.45, 7) is 4.66. The number of carbonyl (C=O) groups excluding carboxylic acids is 1. The van der Waals surface area contributed by atoms with Crippen molar-refractivity contribution in [2.75, 3.05) is 6.61 Å². The van der Waals surface area contributed by atoms with E-state index >= 15 is 0 Å². The first-order chi connectivity index (χ1) is 12.7. The van der Waals surface area contributed by atoms with Crippen molar-refractivity contribution in [3.63, 3.8) is 0 Å². The van der Waals surface area contributed by atoms with Crippen molar-refractivity contribution < 1.29 is 19.4 Å². The highest BCUT2D eigenvalue weighted by Gasteiger charge is 2.14.